The number of nitrogens with one attached hydrogen (secondary N) is 2. The molecule has 2 heterocycles. The summed E-state index contributed by atoms with van der Waals surface area (Å²) in [5, 5.41) is 9.30. The second-order valence-electron chi connectivity index (χ2n) is 3.87. The Kier molecular flexibility index (Phi) is 3.01. The Morgan fingerprint density at radius 1 is 1.80 bits per heavy atom. The molecule has 1 aliphatic heterocycles. The summed E-state index contributed by atoms with van der Waals surface area (Å²) >= 11 is 0. The number of rotatable bonds is 3. The predicted molar refractivity (Wildman–Crippen MR) is 54.4 cm³/mol. The Hall–Kier alpha value is -1.36. The normalized spacial score (nSPS) is 22.6. The fourth-order valence-corrected chi connectivity index (χ4v) is 1.73. The molecule has 2 rings (SSSR count). The van der Waals surface area contributed by atoms with Crippen molar-refractivity contribution in [3.05, 3.63) is 18.0 Å². The van der Waals surface area contributed by atoms with Gasteiger partial charge < -0.3 is 10.1 Å². The molecule has 1 aromatic rings. The average molecular weight is 209 g/mol. The molecule has 0 bridgehead atoms. The highest BCUT2D eigenvalue weighted by molar-refractivity contribution is 5.93. The van der Waals surface area contributed by atoms with Gasteiger partial charge in [-0.2, -0.15) is 5.10 Å². The molecule has 1 saturated heterocycles. The zero-order chi connectivity index (χ0) is 10.7. The number of nitrogens with zero attached hydrogens (tertiary/aromatic N) is 1. The summed E-state index contributed by atoms with van der Waals surface area (Å²) in [6.45, 7) is 3.56. The van der Waals surface area contributed by atoms with Crippen LogP contribution in [0.2, 0.25) is 0 Å². The van der Waals surface area contributed by atoms with E-state index >= 15 is 0 Å². The summed E-state index contributed by atoms with van der Waals surface area (Å²) in [7, 11) is 0. The van der Waals surface area contributed by atoms with E-state index in [4.69, 9.17) is 4.74 Å². The van der Waals surface area contributed by atoms with Crippen molar-refractivity contribution < 1.29 is 9.53 Å². The van der Waals surface area contributed by atoms with E-state index < -0.39 is 0 Å². The summed E-state index contributed by atoms with van der Waals surface area (Å²) in [4.78, 5) is 11.7. The molecule has 0 aromatic carbocycles. The van der Waals surface area contributed by atoms with Crippen LogP contribution in [0.15, 0.2) is 12.4 Å². The van der Waals surface area contributed by atoms with Gasteiger partial charge in [0.05, 0.1) is 18.4 Å². The van der Waals surface area contributed by atoms with E-state index in [0.717, 1.165) is 19.6 Å². The Morgan fingerprint density at radius 3 is 3.27 bits per heavy atom. The molecule has 0 saturated carbocycles. The first-order chi connectivity index (χ1) is 7.27. The molecule has 5 heteroatoms. The molecule has 1 amide bonds. The summed E-state index contributed by atoms with van der Waals surface area (Å²) in [6, 6.07) is 0.148. The van der Waals surface area contributed by atoms with E-state index in [2.05, 4.69) is 15.5 Å². The van der Waals surface area contributed by atoms with Gasteiger partial charge in [-0.15, -0.1) is 0 Å². The number of hydrogen-bond donors (Lipinski definition) is 2. The van der Waals surface area contributed by atoms with Gasteiger partial charge in [-0.1, -0.05) is 0 Å². The van der Waals surface area contributed by atoms with E-state index in [1.54, 1.807) is 6.20 Å². The molecule has 0 spiro atoms. The highest BCUT2D eigenvalue weighted by Gasteiger charge is 2.23. The van der Waals surface area contributed by atoms with Crippen LogP contribution < -0.4 is 5.32 Å². The Bertz CT molecular complexity index is 317. The minimum absolute atomic E-state index is 0.0804. The van der Waals surface area contributed by atoms with Crippen LogP contribution in [0.3, 0.4) is 0 Å². The van der Waals surface area contributed by atoms with Gasteiger partial charge in [-0.25, -0.2) is 0 Å². The third kappa shape index (κ3) is 2.36. The third-order valence-corrected chi connectivity index (χ3v) is 2.79. The largest absolute Gasteiger partial charge is 0.381 e. The predicted octanol–water partition coefficient (Wildman–Crippen LogP) is 0.564. The molecule has 82 valence electrons. The lowest BCUT2D eigenvalue weighted by molar-refractivity contribution is 0.0922. The molecule has 0 aliphatic carbocycles. The number of amides is 1. The molecule has 1 aromatic heterocycles. The molecule has 2 N–H and O–H groups in total. The number of ether oxygens (including phenoxy) is 1. The maximum absolute atomic E-state index is 11.7. The Labute approximate surface area is 88.2 Å². The van der Waals surface area contributed by atoms with Crippen LogP contribution in [0.5, 0.6) is 0 Å². The zero-order valence-corrected chi connectivity index (χ0v) is 8.69. The monoisotopic (exact) mass is 209 g/mol. The van der Waals surface area contributed by atoms with Crippen molar-refractivity contribution in [1.29, 1.82) is 0 Å². The third-order valence-electron chi connectivity index (χ3n) is 2.79. The number of hydrogen-bond acceptors (Lipinski definition) is 3. The quantitative estimate of drug-likeness (QED) is 0.764. The van der Waals surface area contributed by atoms with E-state index in [0.29, 0.717) is 11.5 Å². The molecule has 5 nitrogen and oxygen atoms in total. The van der Waals surface area contributed by atoms with E-state index in [1.165, 1.54) is 6.20 Å². The number of aromatic amines is 1. The van der Waals surface area contributed by atoms with Gasteiger partial charge in [0.15, 0.2) is 0 Å². The van der Waals surface area contributed by atoms with E-state index in [1.807, 2.05) is 6.92 Å². The van der Waals surface area contributed by atoms with Gasteiger partial charge >= 0.3 is 0 Å². The fourth-order valence-electron chi connectivity index (χ4n) is 1.73. The van der Waals surface area contributed by atoms with Gasteiger partial charge in [0.1, 0.15) is 0 Å². The van der Waals surface area contributed by atoms with Crippen LogP contribution in [0.4, 0.5) is 0 Å². The summed E-state index contributed by atoms with van der Waals surface area (Å²) in [6.07, 6.45) is 4.13. The zero-order valence-electron chi connectivity index (χ0n) is 8.69. The number of carbonyl (C=O) groups is 1. The Balaban J connectivity index is 1.88. The lowest BCUT2D eigenvalue weighted by Gasteiger charge is -2.18. The summed E-state index contributed by atoms with van der Waals surface area (Å²) in [5.74, 6) is 0.351. The lowest BCUT2D eigenvalue weighted by atomic mass is 10.0. The van der Waals surface area contributed by atoms with Crippen LogP contribution in [0, 0.1) is 5.92 Å². The first-order valence-electron chi connectivity index (χ1n) is 5.15. The van der Waals surface area contributed by atoms with E-state index in [9.17, 15) is 4.79 Å². The lowest BCUT2D eigenvalue weighted by Crippen LogP contribution is -2.38. The second-order valence-corrected chi connectivity index (χ2v) is 3.87. The first-order valence-corrected chi connectivity index (χ1v) is 5.15. The van der Waals surface area contributed by atoms with Crippen LogP contribution in [-0.2, 0) is 4.74 Å². The maximum Gasteiger partial charge on any atom is 0.254 e. The standard InChI is InChI=1S/C10H15N3O2/c1-7(8-2-3-15-6-8)13-10(14)9-4-11-12-5-9/h4-5,7-8H,2-3,6H2,1H3,(H,11,12)(H,13,14). The minimum Gasteiger partial charge on any atom is -0.381 e. The average Bonchev–Trinajstić information content (AvgIpc) is 2.91. The second kappa shape index (κ2) is 4.44. The maximum atomic E-state index is 11.7. The van der Waals surface area contributed by atoms with Crippen molar-refractivity contribution in [1.82, 2.24) is 15.5 Å². The molecule has 2 atom stereocenters. The van der Waals surface area contributed by atoms with Crippen LogP contribution in [0.25, 0.3) is 0 Å². The van der Waals surface area contributed by atoms with Crippen molar-refractivity contribution in [3.63, 3.8) is 0 Å². The van der Waals surface area contributed by atoms with Crippen molar-refractivity contribution in [2.24, 2.45) is 5.92 Å². The van der Waals surface area contributed by atoms with Gasteiger partial charge in [-0.3, -0.25) is 9.89 Å². The fraction of sp³-hybridized carbons (Fsp3) is 0.600. The molecule has 15 heavy (non-hydrogen) atoms. The van der Waals surface area contributed by atoms with Crippen molar-refractivity contribution in [2.45, 2.75) is 19.4 Å². The summed E-state index contributed by atoms with van der Waals surface area (Å²) < 4.78 is 5.28. The Morgan fingerprint density at radius 2 is 2.67 bits per heavy atom. The smallest absolute Gasteiger partial charge is 0.254 e. The van der Waals surface area contributed by atoms with E-state index in [-0.39, 0.29) is 11.9 Å². The first kappa shape index (κ1) is 10.2. The number of H-pyrrole nitrogens is 1. The topological polar surface area (TPSA) is 67.0 Å². The van der Waals surface area contributed by atoms with Crippen molar-refractivity contribution in [3.8, 4) is 0 Å². The van der Waals surface area contributed by atoms with Gasteiger partial charge in [0.2, 0.25) is 0 Å². The highest BCUT2D eigenvalue weighted by Crippen LogP contribution is 2.16. The van der Waals surface area contributed by atoms with Gasteiger partial charge in [0, 0.05) is 24.8 Å². The van der Waals surface area contributed by atoms with Gasteiger partial charge in [-0.05, 0) is 13.3 Å². The molecule has 1 fully saturated rings. The molecular formula is C10H15N3O2. The number of carbonyl (C=O) groups excluding carboxylic acids is 1. The van der Waals surface area contributed by atoms with Crippen LogP contribution in [-0.4, -0.2) is 35.4 Å². The summed E-state index contributed by atoms with van der Waals surface area (Å²) in [5.41, 5.74) is 0.570. The van der Waals surface area contributed by atoms with Crippen molar-refractivity contribution >= 4 is 5.91 Å². The molecule has 1 aliphatic rings. The highest BCUT2D eigenvalue weighted by atomic mass is 16.5. The van der Waals surface area contributed by atoms with Crippen LogP contribution in [0.1, 0.15) is 23.7 Å². The molecule has 2 unspecified atom stereocenters. The van der Waals surface area contributed by atoms with Crippen molar-refractivity contribution in [2.75, 3.05) is 13.2 Å². The minimum atomic E-state index is -0.0804. The van der Waals surface area contributed by atoms with Crippen LogP contribution >= 0.6 is 0 Å². The molecule has 0 radical (unpaired) electrons. The molecular weight excluding hydrogens is 194 g/mol. The SMILES string of the molecule is CC(NC(=O)c1cn[nH]c1)C1CCOC1. The van der Waals surface area contributed by atoms with Gasteiger partial charge in [0.25, 0.3) is 5.91 Å². The number of aromatic nitrogens is 2.